The molecule has 1 saturated heterocycles. The van der Waals surface area contributed by atoms with Crippen molar-refractivity contribution in [2.75, 3.05) is 13.1 Å². The van der Waals surface area contributed by atoms with Gasteiger partial charge >= 0.3 is 6.03 Å². The molecule has 5 nitrogen and oxygen atoms in total. The molecule has 108 valence electrons. The summed E-state index contributed by atoms with van der Waals surface area (Å²) in [5, 5.41) is 5.38. The first kappa shape index (κ1) is 14.3. The number of urea groups is 1. The zero-order chi connectivity index (χ0) is 13.7. The van der Waals surface area contributed by atoms with Crippen LogP contribution >= 0.6 is 0 Å². The van der Waals surface area contributed by atoms with Crippen molar-refractivity contribution in [2.45, 2.75) is 64.0 Å². The van der Waals surface area contributed by atoms with E-state index in [1.807, 2.05) is 6.92 Å². The monoisotopic (exact) mass is 267 g/mol. The Labute approximate surface area is 115 Å². The summed E-state index contributed by atoms with van der Waals surface area (Å²) >= 11 is 0. The molecule has 19 heavy (non-hydrogen) atoms. The third kappa shape index (κ3) is 4.20. The molecule has 1 saturated carbocycles. The lowest BCUT2D eigenvalue weighted by molar-refractivity contribution is -0.124. The van der Waals surface area contributed by atoms with Crippen molar-refractivity contribution in [3.63, 3.8) is 0 Å². The molecule has 1 aliphatic carbocycles. The lowest BCUT2D eigenvalue weighted by atomic mass is 9.96. The highest BCUT2D eigenvalue weighted by Gasteiger charge is 2.25. The number of rotatable bonds is 3. The van der Waals surface area contributed by atoms with E-state index < -0.39 is 0 Å². The fourth-order valence-electron chi connectivity index (χ4n) is 2.98. The molecule has 1 aliphatic heterocycles. The average Bonchev–Trinajstić information content (AvgIpc) is 2.92. The van der Waals surface area contributed by atoms with E-state index in [0.717, 1.165) is 38.8 Å². The summed E-state index contributed by atoms with van der Waals surface area (Å²) in [5.74, 6) is -0.185. The fraction of sp³-hybridized carbons (Fsp3) is 0.857. The molecule has 0 aromatic carbocycles. The Balaban J connectivity index is 1.72. The maximum Gasteiger partial charge on any atom is 0.321 e. The largest absolute Gasteiger partial charge is 0.335 e. The van der Waals surface area contributed by atoms with Gasteiger partial charge in [0.25, 0.3) is 0 Å². The van der Waals surface area contributed by atoms with Crippen LogP contribution < -0.4 is 10.6 Å². The van der Waals surface area contributed by atoms with Crippen LogP contribution in [0, 0.1) is 0 Å². The molecule has 2 aliphatic rings. The minimum Gasteiger partial charge on any atom is -0.335 e. The van der Waals surface area contributed by atoms with Crippen LogP contribution in [-0.4, -0.2) is 42.0 Å². The van der Waals surface area contributed by atoms with Crippen LogP contribution in [-0.2, 0) is 4.79 Å². The van der Waals surface area contributed by atoms with Gasteiger partial charge in [-0.15, -0.1) is 0 Å². The second-order valence-electron chi connectivity index (χ2n) is 5.72. The highest BCUT2D eigenvalue weighted by molar-refractivity contribution is 5.96. The second-order valence-corrected chi connectivity index (χ2v) is 5.72. The molecular formula is C14H25N3O2. The minimum atomic E-state index is -0.331. The molecule has 3 amide bonds. The number of hydrogen-bond acceptors (Lipinski definition) is 3. The van der Waals surface area contributed by atoms with E-state index in [1.54, 1.807) is 0 Å². The van der Waals surface area contributed by atoms with Gasteiger partial charge in [0.05, 0.1) is 6.04 Å². The molecular weight excluding hydrogens is 242 g/mol. The number of carbonyl (C=O) groups excluding carboxylic acids is 2. The van der Waals surface area contributed by atoms with E-state index in [1.165, 1.54) is 19.3 Å². The summed E-state index contributed by atoms with van der Waals surface area (Å²) in [4.78, 5) is 25.9. The lowest BCUT2D eigenvalue weighted by Crippen LogP contribution is -2.51. The standard InChI is InChI=1S/C14H25N3O2/c1-11(17-9-5-6-10-17)13(18)16-14(19)15-12-7-3-2-4-8-12/h11-12H,2-10H2,1H3,(H2,15,16,18,19)/t11-/m0/s1. The van der Waals surface area contributed by atoms with Crippen molar-refractivity contribution in [2.24, 2.45) is 0 Å². The predicted octanol–water partition coefficient (Wildman–Crippen LogP) is 1.63. The number of amides is 3. The zero-order valence-electron chi connectivity index (χ0n) is 11.8. The van der Waals surface area contributed by atoms with Crippen LogP contribution in [0.5, 0.6) is 0 Å². The van der Waals surface area contributed by atoms with Gasteiger partial charge in [0, 0.05) is 6.04 Å². The molecule has 1 heterocycles. The quantitative estimate of drug-likeness (QED) is 0.817. The highest BCUT2D eigenvalue weighted by Crippen LogP contribution is 2.17. The first-order valence-electron chi connectivity index (χ1n) is 7.52. The summed E-state index contributed by atoms with van der Waals surface area (Å²) in [6.07, 6.45) is 7.95. The van der Waals surface area contributed by atoms with Crippen LogP contribution in [0.1, 0.15) is 51.9 Å². The second kappa shape index (κ2) is 6.89. The van der Waals surface area contributed by atoms with Crippen molar-refractivity contribution in [3.8, 4) is 0 Å². The zero-order valence-corrected chi connectivity index (χ0v) is 11.8. The van der Waals surface area contributed by atoms with E-state index in [4.69, 9.17) is 0 Å². The van der Waals surface area contributed by atoms with Crippen LogP contribution in [0.15, 0.2) is 0 Å². The van der Waals surface area contributed by atoms with Gasteiger partial charge in [-0.05, 0) is 45.7 Å². The maximum atomic E-state index is 12.0. The fourth-order valence-corrected chi connectivity index (χ4v) is 2.98. The Morgan fingerprint density at radius 2 is 1.68 bits per heavy atom. The van der Waals surface area contributed by atoms with Crippen LogP contribution in [0.25, 0.3) is 0 Å². The van der Waals surface area contributed by atoms with E-state index in [2.05, 4.69) is 15.5 Å². The van der Waals surface area contributed by atoms with E-state index in [0.29, 0.717) is 0 Å². The number of hydrogen-bond donors (Lipinski definition) is 2. The number of imide groups is 1. The molecule has 0 aromatic heterocycles. The molecule has 2 rings (SSSR count). The first-order chi connectivity index (χ1) is 9.16. The smallest absolute Gasteiger partial charge is 0.321 e. The van der Waals surface area contributed by atoms with Crippen molar-refractivity contribution in [3.05, 3.63) is 0 Å². The first-order valence-corrected chi connectivity index (χ1v) is 7.52. The summed E-state index contributed by atoms with van der Waals surface area (Å²) in [7, 11) is 0. The van der Waals surface area contributed by atoms with Crippen molar-refractivity contribution in [1.82, 2.24) is 15.5 Å². The van der Waals surface area contributed by atoms with Gasteiger partial charge < -0.3 is 5.32 Å². The van der Waals surface area contributed by atoms with Gasteiger partial charge in [0.2, 0.25) is 5.91 Å². The van der Waals surface area contributed by atoms with Gasteiger partial charge in [-0.25, -0.2) is 4.79 Å². The van der Waals surface area contributed by atoms with Gasteiger partial charge in [-0.2, -0.15) is 0 Å². The van der Waals surface area contributed by atoms with Crippen LogP contribution in [0.4, 0.5) is 4.79 Å². The van der Waals surface area contributed by atoms with E-state index in [-0.39, 0.29) is 24.0 Å². The number of nitrogens with one attached hydrogen (secondary N) is 2. The lowest BCUT2D eigenvalue weighted by Gasteiger charge is -2.25. The molecule has 0 aromatic rings. The third-order valence-corrected chi connectivity index (χ3v) is 4.24. The third-order valence-electron chi connectivity index (χ3n) is 4.24. The van der Waals surface area contributed by atoms with Gasteiger partial charge in [0.15, 0.2) is 0 Å². The van der Waals surface area contributed by atoms with E-state index in [9.17, 15) is 9.59 Å². The van der Waals surface area contributed by atoms with Crippen LogP contribution in [0.3, 0.4) is 0 Å². The summed E-state index contributed by atoms with van der Waals surface area (Å²) in [6, 6.07) is -0.300. The Morgan fingerprint density at radius 3 is 2.32 bits per heavy atom. The molecule has 2 N–H and O–H groups in total. The summed E-state index contributed by atoms with van der Waals surface area (Å²) in [5.41, 5.74) is 0. The molecule has 0 bridgehead atoms. The van der Waals surface area contributed by atoms with Crippen LogP contribution in [0.2, 0.25) is 0 Å². The Bertz CT molecular complexity index is 321. The number of carbonyl (C=O) groups is 2. The molecule has 0 unspecified atom stereocenters. The van der Waals surface area contributed by atoms with Gasteiger partial charge in [0.1, 0.15) is 0 Å². The topological polar surface area (TPSA) is 61.4 Å². The molecule has 5 heteroatoms. The van der Waals surface area contributed by atoms with E-state index >= 15 is 0 Å². The molecule has 2 fully saturated rings. The predicted molar refractivity (Wildman–Crippen MR) is 73.8 cm³/mol. The van der Waals surface area contributed by atoms with Crippen molar-refractivity contribution < 1.29 is 9.59 Å². The maximum absolute atomic E-state index is 12.0. The minimum absolute atomic E-state index is 0.185. The van der Waals surface area contributed by atoms with Crippen molar-refractivity contribution >= 4 is 11.9 Å². The summed E-state index contributed by atoms with van der Waals surface area (Å²) in [6.45, 7) is 3.78. The molecule has 0 radical (unpaired) electrons. The molecule has 0 spiro atoms. The Morgan fingerprint density at radius 1 is 1.05 bits per heavy atom. The highest BCUT2D eigenvalue weighted by atomic mass is 16.2. The van der Waals surface area contributed by atoms with Gasteiger partial charge in [-0.3, -0.25) is 15.0 Å². The Kier molecular flexibility index (Phi) is 5.19. The number of nitrogens with zero attached hydrogens (tertiary/aromatic N) is 1. The Hall–Kier alpha value is -1.10. The SMILES string of the molecule is C[C@@H](C(=O)NC(=O)NC1CCCCC1)N1CCCC1. The molecule has 1 atom stereocenters. The number of likely N-dealkylation sites (tertiary alicyclic amines) is 1. The van der Waals surface area contributed by atoms with Crippen molar-refractivity contribution in [1.29, 1.82) is 0 Å². The average molecular weight is 267 g/mol. The normalized spacial score (nSPS) is 23.0. The van der Waals surface area contributed by atoms with Gasteiger partial charge in [-0.1, -0.05) is 19.3 Å². The summed E-state index contributed by atoms with van der Waals surface area (Å²) < 4.78 is 0.